The predicted molar refractivity (Wildman–Crippen MR) is 53.1 cm³/mol. The van der Waals surface area contributed by atoms with Crippen LogP contribution in [0.1, 0.15) is 19.8 Å². The topological polar surface area (TPSA) is 124 Å². The molecule has 7 heteroatoms. The number of nitrogens with one attached hydrogen (secondary N) is 1. The van der Waals surface area contributed by atoms with E-state index >= 15 is 0 Å². The van der Waals surface area contributed by atoms with E-state index in [0.717, 1.165) is 0 Å². The normalized spacial score (nSPS) is 14.1. The van der Waals surface area contributed by atoms with Crippen LogP contribution in [0.25, 0.3) is 0 Å². The molecule has 0 rings (SSSR count). The summed E-state index contributed by atoms with van der Waals surface area (Å²) in [7, 11) is 0. The molecule has 0 aliphatic carbocycles. The van der Waals surface area contributed by atoms with Crippen molar-refractivity contribution in [2.24, 2.45) is 5.92 Å². The molecular formula is C9H15NO6. The molecule has 0 spiro atoms. The zero-order valence-electron chi connectivity index (χ0n) is 8.84. The first-order chi connectivity index (χ1) is 7.34. The maximum absolute atomic E-state index is 10.7. The van der Waals surface area contributed by atoms with Crippen molar-refractivity contribution in [1.29, 1.82) is 0 Å². The zero-order chi connectivity index (χ0) is 12.7. The van der Waals surface area contributed by atoms with Crippen molar-refractivity contribution in [3.05, 3.63) is 0 Å². The summed E-state index contributed by atoms with van der Waals surface area (Å²) in [4.78, 5) is 31.4. The molecule has 1 unspecified atom stereocenters. The Balaban J connectivity index is 4.09. The van der Waals surface area contributed by atoms with Crippen LogP contribution in [0.4, 0.5) is 0 Å². The molecule has 0 saturated carbocycles. The van der Waals surface area contributed by atoms with Crippen LogP contribution in [-0.4, -0.2) is 45.8 Å². The SMILES string of the molecule is CC(CN[C@@H](CCC(=O)O)C(=O)O)C(=O)O. The third kappa shape index (κ3) is 5.97. The van der Waals surface area contributed by atoms with Gasteiger partial charge in [-0.2, -0.15) is 0 Å². The number of carboxylic acid groups (broad SMARTS) is 3. The Kier molecular flexibility index (Phi) is 6.09. The molecule has 7 nitrogen and oxygen atoms in total. The highest BCUT2D eigenvalue weighted by molar-refractivity contribution is 5.75. The molecule has 0 fully saturated rings. The van der Waals surface area contributed by atoms with E-state index in [9.17, 15) is 14.4 Å². The Morgan fingerprint density at radius 3 is 2.06 bits per heavy atom. The summed E-state index contributed by atoms with van der Waals surface area (Å²) < 4.78 is 0. The number of rotatable bonds is 8. The van der Waals surface area contributed by atoms with E-state index in [1.165, 1.54) is 6.92 Å². The van der Waals surface area contributed by atoms with E-state index in [-0.39, 0.29) is 19.4 Å². The number of carbonyl (C=O) groups is 3. The van der Waals surface area contributed by atoms with Gasteiger partial charge in [-0.05, 0) is 6.42 Å². The molecule has 16 heavy (non-hydrogen) atoms. The van der Waals surface area contributed by atoms with Crippen LogP contribution in [0.2, 0.25) is 0 Å². The van der Waals surface area contributed by atoms with Crippen molar-refractivity contribution in [3.8, 4) is 0 Å². The van der Waals surface area contributed by atoms with Crippen LogP contribution in [0.3, 0.4) is 0 Å². The van der Waals surface area contributed by atoms with Gasteiger partial charge in [0.05, 0.1) is 5.92 Å². The van der Waals surface area contributed by atoms with Gasteiger partial charge in [0, 0.05) is 13.0 Å². The highest BCUT2D eigenvalue weighted by Gasteiger charge is 2.20. The molecule has 0 aromatic carbocycles. The fraction of sp³-hybridized carbons (Fsp3) is 0.667. The molecule has 2 atom stereocenters. The maximum Gasteiger partial charge on any atom is 0.320 e. The smallest absolute Gasteiger partial charge is 0.320 e. The molecular weight excluding hydrogens is 218 g/mol. The lowest BCUT2D eigenvalue weighted by Gasteiger charge is -2.15. The van der Waals surface area contributed by atoms with Gasteiger partial charge >= 0.3 is 17.9 Å². The molecule has 0 saturated heterocycles. The fourth-order valence-corrected chi connectivity index (χ4v) is 0.987. The lowest BCUT2D eigenvalue weighted by Crippen LogP contribution is -2.40. The largest absolute Gasteiger partial charge is 0.481 e. The van der Waals surface area contributed by atoms with Crippen LogP contribution in [0, 0.1) is 5.92 Å². The Morgan fingerprint density at radius 1 is 1.12 bits per heavy atom. The summed E-state index contributed by atoms with van der Waals surface area (Å²) >= 11 is 0. The predicted octanol–water partition coefficient (Wildman–Crippen LogP) is -0.385. The molecule has 0 aliphatic rings. The van der Waals surface area contributed by atoms with Gasteiger partial charge in [0.15, 0.2) is 0 Å². The number of aliphatic carboxylic acids is 3. The molecule has 0 amide bonds. The lowest BCUT2D eigenvalue weighted by molar-refractivity contribution is -0.143. The lowest BCUT2D eigenvalue weighted by atomic mass is 10.1. The average molecular weight is 233 g/mol. The highest BCUT2D eigenvalue weighted by Crippen LogP contribution is 2.00. The van der Waals surface area contributed by atoms with Gasteiger partial charge in [-0.1, -0.05) is 6.92 Å². The zero-order valence-corrected chi connectivity index (χ0v) is 8.84. The minimum atomic E-state index is -1.18. The molecule has 4 N–H and O–H groups in total. The molecule has 0 heterocycles. The van der Waals surface area contributed by atoms with Crippen molar-refractivity contribution < 1.29 is 29.7 Å². The number of hydrogen-bond donors (Lipinski definition) is 4. The van der Waals surface area contributed by atoms with Crippen LogP contribution in [-0.2, 0) is 14.4 Å². The maximum atomic E-state index is 10.7. The molecule has 0 bridgehead atoms. The first kappa shape index (κ1) is 14.4. The molecule has 0 aromatic heterocycles. The van der Waals surface area contributed by atoms with Crippen molar-refractivity contribution in [2.75, 3.05) is 6.54 Å². The van der Waals surface area contributed by atoms with Crippen LogP contribution in [0.5, 0.6) is 0 Å². The second kappa shape index (κ2) is 6.78. The third-order valence-corrected chi connectivity index (χ3v) is 2.04. The summed E-state index contributed by atoms with van der Waals surface area (Å²) in [5, 5.41) is 28.2. The highest BCUT2D eigenvalue weighted by atomic mass is 16.4. The van der Waals surface area contributed by atoms with Gasteiger partial charge in [0.25, 0.3) is 0 Å². The number of carboxylic acids is 3. The fourth-order valence-electron chi connectivity index (χ4n) is 0.987. The van der Waals surface area contributed by atoms with Crippen molar-refractivity contribution in [2.45, 2.75) is 25.8 Å². The minimum Gasteiger partial charge on any atom is -0.481 e. The van der Waals surface area contributed by atoms with E-state index in [1.807, 2.05) is 0 Å². The van der Waals surface area contributed by atoms with E-state index in [2.05, 4.69) is 5.32 Å². The van der Waals surface area contributed by atoms with E-state index in [0.29, 0.717) is 0 Å². The van der Waals surface area contributed by atoms with Gasteiger partial charge in [0.2, 0.25) is 0 Å². The van der Waals surface area contributed by atoms with Crippen LogP contribution in [0.15, 0.2) is 0 Å². The summed E-state index contributed by atoms with van der Waals surface area (Å²) in [6, 6.07) is -1.03. The van der Waals surface area contributed by atoms with Gasteiger partial charge in [-0.3, -0.25) is 14.4 Å². The molecule has 0 radical (unpaired) electrons. The summed E-state index contributed by atoms with van der Waals surface area (Å²) in [5.41, 5.74) is 0. The molecule has 92 valence electrons. The first-order valence-corrected chi connectivity index (χ1v) is 4.75. The van der Waals surface area contributed by atoms with Gasteiger partial charge in [-0.15, -0.1) is 0 Å². The average Bonchev–Trinajstić information content (AvgIpc) is 2.15. The van der Waals surface area contributed by atoms with E-state index < -0.39 is 29.9 Å². The van der Waals surface area contributed by atoms with Crippen molar-refractivity contribution in [3.63, 3.8) is 0 Å². The second-order valence-corrected chi connectivity index (χ2v) is 3.47. The first-order valence-electron chi connectivity index (χ1n) is 4.75. The molecule has 0 aliphatic heterocycles. The van der Waals surface area contributed by atoms with Crippen LogP contribution >= 0.6 is 0 Å². The summed E-state index contributed by atoms with van der Waals surface area (Å²) in [6.45, 7) is 1.43. The molecule has 0 aromatic rings. The Labute approximate surface area is 92.1 Å². The van der Waals surface area contributed by atoms with Gasteiger partial charge in [-0.25, -0.2) is 0 Å². The van der Waals surface area contributed by atoms with Gasteiger partial charge in [0.1, 0.15) is 6.04 Å². The van der Waals surface area contributed by atoms with Crippen molar-refractivity contribution in [1.82, 2.24) is 5.32 Å². The van der Waals surface area contributed by atoms with Crippen LogP contribution < -0.4 is 5.32 Å². The summed E-state index contributed by atoms with van der Waals surface area (Å²) in [6.07, 6.45) is -0.345. The van der Waals surface area contributed by atoms with E-state index in [4.69, 9.17) is 15.3 Å². The standard InChI is InChI=1S/C9H15NO6/c1-5(8(13)14)4-10-6(9(15)16)2-3-7(11)12/h5-6,10H,2-4H2,1H3,(H,11,12)(H,13,14)(H,15,16)/t5?,6-/m0/s1. The van der Waals surface area contributed by atoms with E-state index in [1.54, 1.807) is 0 Å². The Hall–Kier alpha value is -1.63. The van der Waals surface area contributed by atoms with Crippen molar-refractivity contribution >= 4 is 17.9 Å². The van der Waals surface area contributed by atoms with Gasteiger partial charge < -0.3 is 20.6 Å². The monoisotopic (exact) mass is 233 g/mol. The Morgan fingerprint density at radius 2 is 1.69 bits per heavy atom. The second-order valence-electron chi connectivity index (χ2n) is 3.47. The minimum absolute atomic E-state index is 0.00802. The summed E-state index contributed by atoms with van der Waals surface area (Å²) in [5.74, 6) is -4.01. The Bertz CT molecular complexity index is 277. The number of hydrogen-bond acceptors (Lipinski definition) is 4. The quantitative estimate of drug-likeness (QED) is 0.450. The third-order valence-electron chi connectivity index (χ3n) is 2.04.